The highest BCUT2D eigenvalue weighted by Gasteiger charge is 2.47. The standard InChI is InChI=1S/C32H32F4N4O7S2/c1-16-10-19-13-20(45-15-22-27(39-47-29(22)17-6-7-17)21-4-2-3-5-25(21)46-32(34,35)36)14-24(16)40(19)31-38-28-23(33)11-18(12-26(28)48-31)30(41)37-8-9-49(42,43)44/h2-5,11-12,16-17,19-20,24H,6-10,13-15H2,1H3,(H,37,41)(H,42,43,44)/t16-,19?,20+,24?/m1/s1. The fraction of sp³-hybridized carbons (Fsp3) is 0.469. The first-order valence-corrected chi connectivity index (χ1v) is 18.2. The molecule has 2 aliphatic heterocycles. The number of amides is 1. The van der Waals surface area contributed by atoms with E-state index in [4.69, 9.17) is 13.8 Å². The molecular formula is C32H32F4N4O7S2. The number of hydrogen-bond donors (Lipinski definition) is 2. The third-order valence-corrected chi connectivity index (χ3v) is 11.0. The number of carbonyl (C=O) groups is 1. The second kappa shape index (κ2) is 12.8. The molecule has 2 bridgehead atoms. The van der Waals surface area contributed by atoms with Gasteiger partial charge in [-0.2, -0.15) is 8.42 Å². The van der Waals surface area contributed by atoms with Crippen molar-refractivity contribution in [3.63, 3.8) is 0 Å². The summed E-state index contributed by atoms with van der Waals surface area (Å²) in [5.41, 5.74) is 1.17. The molecule has 4 heterocycles. The van der Waals surface area contributed by atoms with Crippen LogP contribution in [0.3, 0.4) is 0 Å². The van der Waals surface area contributed by atoms with Crippen molar-refractivity contribution in [1.29, 1.82) is 0 Å². The minimum atomic E-state index is -4.88. The lowest BCUT2D eigenvalue weighted by molar-refractivity contribution is -0.274. The number of ether oxygens (including phenoxy) is 2. The SMILES string of the molecule is C[C@@H]1CC2C[C@H](OCc3c(-c4ccccc4OC(F)(F)F)noc3C3CC3)CC1N2c1nc2c(F)cc(C(=O)NCCS(=O)(=O)O)cc2s1. The van der Waals surface area contributed by atoms with E-state index < -0.39 is 34.0 Å². The molecule has 0 spiro atoms. The molecule has 1 aliphatic carbocycles. The maximum atomic E-state index is 15.2. The number of alkyl halides is 3. The zero-order valence-electron chi connectivity index (χ0n) is 26.1. The van der Waals surface area contributed by atoms with Gasteiger partial charge in [0.05, 0.1) is 23.2 Å². The van der Waals surface area contributed by atoms with Crippen molar-refractivity contribution < 1.29 is 49.3 Å². The van der Waals surface area contributed by atoms with Crippen LogP contribution in [0.1, 0.15) is 66.6 Å². The lowest BCUT2D eigenvalue weighted by Crippen LogP contribution is -2.46. The van der Waals surface area contributed by atoms with E-state index in [-0.39, 0.29) is 71.3 Å². The van der Waals surface area contributed by atoms with Crippen LogP contribution in [-0.2, 0) is 21.5 Å². The third kappa shape index (κ3) is 7.25. The molecule has 2 unspecified atom stereocenters. The summed E-state index contributed by atoms with van der Waals surface area (Å²) in [7, 11) is -4.26. The van der Waals surface area contributed by atoms with E-state index in [1.807, 2.05) is 0 Å². The van der Waals surface area contributed by atoms with Gasteiger partial charge in [0.1, 0.15) is 22.7 Å². The molecule has 4 atom stereocenters. The second-order valence-corrected chi connectivity index (χ2v) is 15.4. The van der Waals surface area contributed by atoms with E-state index >= 15 is 4.39 Å². The van der Waals surface area contributed by atoms with Crippen molar-refractivity contribution in [2.75, 3.05) is 17.2 Å². The highest BCUT2D eigenvalue weighted by atomic mass is 32.2. The van der Waals surface area contributed by atoms with Gasteiger partial charge < -0.3 is 24.2 Å². The van der Waals surface area contributed by atoms with Crippen LogP contribution < -0.4 is 15.0 Å². The number of rotatable bonds is 11. The van der Waals surface area contributed by atoms with E-state index in [0.29, 0.717) is 34.0 Å². The Morgan fingerprint density at radius 1 is 1.18 bits per heavy atom. The van der Waals surface area contributed by atoms with Crippen LogP contribution in [0.15, 0.2) is 40.9 Å². The first kappa shape index (κ1) is 33.7. The predicted molar refractivity (Wildman–Crippen MR) is 171 cm³/mol. The van der Waals surface area contributed by atoms with Crippen LogP contribution in [0.2, 0.25) is 0 Å². The van der Waals surface area contributed by atoms with Crippen LogP contribution in [0.25, 0.3) is 21.5 Å². The maximum absolute atomic E-state index is 15.2. The average Bonchev–Trinajstić information content (AvgIpc) is 3.56. The molecule has 3 aliphatic rings. The number of benzene rings is 2. The molecule has 2 aromatic carbocycles. The summed E-state index contributed by atoms with van der Waals surface area (Å²) in [6.07, 6.45) is -1.11. The number of halogens is 4. The van der Waals surface area contributed by atoms with E-state index in [1.165, 1.54) is 35.6 Å². The smallest absolute Gasteiger partial charge is 0.405 e. The molecule has 1 amide bonds. The first-order valence-electron chi connectivity index (χ1n) is 15.8. The van der Waals surface area contributed by atoms with Gasteiger partial charge in [-0.1, -0.05) is 35.5 Å². The van der Waals surface area contributed by atoms with Crippen LogP contribution in [-0.4, -0.2) is 65.9 Å². The van der Waals surface area contributed by atoms with Crippen molar-refractivity contribution >= 4 is 42.7 Å². The number of fused-ring (bicyclic) bond motifs is 3. The number of carbonyl (C=O) groups excluding carboxylic acids is 1. The van der Waals surface area contributed by atoms with Gasteiger partial charge in [-0.3, -0.25) is 9.35 Å². The van der Waals surface area contributed by atoms with Crippen molar-refractivity contribution in [1.82, 2.24) is 15.5 Å². The quantitative estimate of drug-likeness (QED) is 0.131. The molecule has 0 radical (unpaired) electrons. The summed E-state index contributed by atoms with van der Waals surface area (Å²) in [5.74, 6) is -1.37. The summed E-state index contributed by atoms with van der Waals surface area (Å²) in [5, 5.41) is 7.16. The van der Waals surface area contributed by atoms with E-state index in [1.54, 1.807) is 6.07 Å². The van der Waals surface area contributed by atoms with Gasteiger partial charge >= 0.3 is 6.36 Å². The summed E-state index contributed by atoms with van der Waals surface area (Å²) >= 11 is 1.26. The average molecular weight is 725 g/mol. The zero-order valence-corrected chi connectivity index (χ0v) is 27.7. The monoisotopic (exact) mass is 724 g/mol. The summed E-state index contributed by atoms with van der Waals surface area (Å²) in [6.45, 7) is 1.92. The van der Waals surface area contributed by atoms with Crippen LogP contribution >= 0.6 is 11.3 Å². The Hall–Kier alpha value is -3.80. The zero-order chi connectivity index (χ0) is 34.7. The van der Waals surface area contributed by atoms with Gasteiger partial charge in [0, 0.05) is 41.2 Å². The Morgan fingerprint density at radius 2 is 1.96 bits per heavy atom. The summed E-state index contributed by atoms with van der Waals surface area (Å²) < 4.78 is 102. The number of piperidine rings is 1. The molecule has 17 heteroatoms. The van der Waals surface area contributed by atoms with Crippen LogP contribution in [0.5, 0.6) is 5.75 Å². The van der Waals surface area contributed by atoms with Crippen LogP contribution in [0, 0.1) is 11.7 Å². The van der Waals surface area contributed by atoms with Crippen molar-refractivity contribution in [2.24, 2.45) is 5.92 Å². The first-order chi connectivity index (χ1) is 23.2. The minimum absolute atomic E-state index is 0.00486. The Balaban J connectivity index is 1.08. The minimum Gasteiger partial charge on any atom is -0.405 e. The molecule has 7 rings (SSSR count). The van der Waals surface area contributed by atoms with Gasteiger partial charge in [-0.25, -0.2) is 9.37 Å². The molecular weight excluding hydrogens is 692 g/mol. The molecule has 2 saturated heterocycles. The Bertz CT molecular complexity index is 2000. The van der Waals surface area contributed by atoms with E-state index in [2.05, 4.69) is 32.0 Å². The van der Waals surface area contributed by atoms with Gasteiger partial charge in [0.2, 0.25) is 0 Å². The normalized spacial score (nSPS) is 22.5. The molecule has 3 fully saturated rings. The molecule has 4 aromatic rings. The van der Waals surface area contributed by atoms with Gasteiger partial charge in [-0.05, 0) is 62.3 Å². The highest BCUT2D eigenvalue weighted by molar-refractivity contribution is 7.85. The fourth-order valence-electron chi connectivity index (χ4n) is 6.93. The molecule has 2 N–H and O–H groups in total. The molecule has 262 valence electrons. The van der Waals surface area contributed by atoms with Gasteiger partial charge in [-0.15, -0.1) is 13.2 Å². The fourth-order valence-corrected chi connectivity index (χ4v) is 8.44. The molecule has 1 saturated carbocycles. The van der Waals surface area contributed by atoms with Crippen molar-refractivity contribution in [3.05, 3.63) is 59.1 Å². The third-order valence-electron chi connectivity index (χ3n) is 9.25. The maximum Gasteiger partial charge on any atom is 0.573 e. The lowest BCUT2D eigenvalue weighted by Gasteiger charge is -2.39. The van der Waals surface area contributed by atoms with Crippen LogP contribution in [0.4, 0.5) is 22.7 Å². The molecule has 2 aromatic heterocycles. The summed E-state index contributed by atoms with van der Waals surface area (Å²) in [6, 6.07) is 8.45. The molecule has 11 nitrogen and oxygen atoms in total. The van der Waals surface area contributed by atoms with Crippen molar-refractivity contribution in [2.45, 2.75) is 76.1 Å². The number of nitrogens with one attached hydrogen (secondary N) is 1. The van der Waals surface area contributed by atoms with E-state index in [0.717, 1.165) is 25.3 Å². The second-order valence-electron chi connectivity index (χ2n) is 12.8. The summed E-state index contributed by atoms with van der Waals surface area (Å²) in [4.78, 5) is 19.4. The number of hydrogen-bond acceptors (Lipinski definition) is 10. The Morgan fingerprint density at radius 3 is 2.67 bits per heavy atom. The number of nitrogens with zero attached hydrogens (tertiary/aromatic N) is 3. The number of aromatic nitrogens is 2. The largest absolute Gasteiger partial charge is 0.573 e. The van der Waals surface area contributed by atoms with Crippen molar-refractivity contribution in [3.8, 4) is 17.0 Å². The Labute approximate surface area is 282 Å². The van der Waals surface area contributed by atoms with E-state index in [9.17, 15) is 26.4 Å². The predicted octanol–water partition coefficient (Wildman–Crippen LogP) is 6.45. The number of para-hydroxylation sites is 1. The van der Waals surface area contributed by atoms with Gasteiger partial charge in [0.25, 0.3) is 16.0 Å². The molecule has 49 heavy (non-hydrogen) atoms. The Kier molecular flexibility index (Phi) is 8.82. The number of anilines is 1. The number of thiazole rings is 1. The highest BCUT2D eigenvalue weighted by Crippen LogP contribution is 2.48. The van der Waals surface area contributed by atoms with Gasteiger partial charge in [0.15, 0.2) is 10.9 Å². The topological polar surface area (TPSA) is 144 Å². The lowest BCUT2D eigenvalue weighted by atomic mass is 9.97.